The van der Waals surface area contributed by atoms with Gasteiger partial charge in [-0.15, -0.1) is 0 Å². The Morgan fingerprint density at radius 2 is 1.97 bits per heavy atom. The van der Waals surface area contributed by atoms with Crippen LogP contribution in [-0.2, 0) is 23.7 Å². The molecule has 3 fully saturated rings. The molecule has 2 heterocycles. The summed E-state index contributed by atoms with van der Waals surface area (Å²) in [6.07, 6.45) is 6.62. The minimum Gasteiger partial charge on any atom is -0.390 e. The molecule has 7 atom stereocenters. The molecule has 29 heavy (non-hydrogen) atoms. The van der Waals surface area contributed by atoms with E-state index in [0.717, 1.165) is 24.0 Å². The van der Waals surface area contributed by atoms with Crippen molar-refractivity contribution in [2.45, 2.75) is 76.0 Å². The average molecular weight is 409 g/mol. The Morgan fingerprint density at radius 1 is 1.24 bits per heavy atom. The van der Waals surface area contributed by atoms with Crippen LogP contribution >= 0.6 is 0 Å². The lowest BCUT2D eigenvalue weighted by Gasteiger charge is -2.43. The van der Waals surface area contributed by atoms with E-state index < -0.39 is 18.7 Å². The van der Waals surface area contributed by atoms with Crippen LogP contribution in [0.4, 0.5) is 0 Å². The normalized spacial score (nSPS) is 42.2. The fraction of sp³-hybridized carbons (Fsp3) is 0.739. The predicted molar refractivity (Wildman–Crippen MR) is 110 cm³/mol. The quantitative estimate of drug-likeness (QED) is 0.556. The van der Waals surface area contributed by atoms with Gasteiger partial charge >= 0.3 is 0 Å². The molecule has 0 radical (unpaired) electrons. The molecule has 1 saturated carbocycles. The number of fused-ring (bicyclic) bond motifs is 2. The largest absolute Gasteiger partial charge is 0.390 e. The van der Waals surface area contributed by atoms with E-state index in [1.165, 1.54) is 0 Å². The Balaban J connectivity index is 1.96. The van der Waals surface area contributed by atoms with Crippen molar-refractivity contribution < 1.29 is 28.8 Å². The van der Waals surface area contributed by atoms with E-state index in [-0.39, 0.29) is 29.1 Å². The van der Waals surface area contributed by atoms with Gasteiger partial charge in [-0.25, -0.2) is 0 Å². The molecule has 0 unspecified atom stereocenters. The molecule has 0 aromatic rings. The molecule has 0 aromatic heterocycles. The van der Waals surface area contributed by atoms with Crippen molar-refractivity contribution in [3.63, 3.8) is 0 Å². The molecule has 0 spiro atoms. The molecule has 0 bridgehead atoms. The molecule has 2 aliphatic heterocycles. The third-order valence-corrected chi connectivity index (χ3v) is 6.63. The van der Waals surface area contributed by atoms with E-state index in [0.29, 0.717) is 6.42 Å². The summed E-state index contributed by atoms with van der Waals surface area (Å²) in [4.78, 5) is 0. The van der Waals surface area contributed by atoms with E-state index in [1.807, 2.05) is 26.0 Å². The van der Waals surface area contributed by atoms with Crippen molar-refractivity contribution in [3.8, 4) is 0 Å². The van der Waals surface area contributed by atoms with Crippen molar-refractivity contribution in [2.24, 2.45) is 11.8 Å². The Kier molecular flexibility index (Phi) is 6.73. The number of aliphatic hydroxyl groups excluding tert-OH is 1. The number of aliphatic hydroxyl groups is 1. The first kappa shape index (κ1) is 22.7. The van der Waals surface area contributed by atoms with Crippen molar-refractivity contribution in [3.05, 3.63) is 36.0 Å². The van der Waals surface area contributed by atoms with Gasteiger partial charge < -0.3 is 28.8 Å². The molecular weight excluding hydrogens is 372 g/mol. The van der Waals surface area contributed by atoms with Gasteiger partial charge in [0.15, 0.2) is 12.6 Å². The zero-order valence-electron chi connectivity index (χ0n) is 18.5. The van der Waals surface area contributed by atoms with Crippen molar-refractivity contribution in [1.29, 1.82) is 0 Å². The maximum Gasteiger partial charge on any atom is 0.183 e. The number of rotatable bonds is 5. The molecule has 2 saturated heterocycles. The van der Waals surface area contributed by atoms with Gasteiger partial charge in [-0.1, -0.05) is 30.4 Å². The maximum atomic E-state index is 10.6. The second kappa shape index (κ2) is 8.61. The number of hydrogen-bond acceptors (Lipinski definition) is 6. The molecule has 3 aliphatic rings. The van der Waals surface area contributed by atoms with Crippen molar-refractivity contribution in [1.82, 2.24) is 0 Å². The number of ether oxygens (including phenoxy) is 5. The number of methoxy groups -OCH3 is 3. The van der Waals surface area contributed by atoms with Crippen LogP contribution in [-0.4, -0.2) is 62.4 Å². The minimum atomic E-state index is -0.557. The van der Waals surface area contributed by atoms with Gasteiger partial charge in [0.2, 0.25) is 0 Å². The number of epoxide rings is 1. The summed E-state index contributed by atoms with van der Waals surface area (Å²) in [5.74, 6) is 0.0608. The maximum absolute atomic E-state index is 10.6. The van der Waals surface area contributed by atoms with Crippen LogP contribution in [0, 0.1) is 11.8 Å². The van der Waals surface area contributed by atoms with Crippen LogP contribution in [0.15, 0.2) is 36.0 Å². The first-order valence-electron chi connectivity index (χ1n) is 10.3. The topological polar surface area (TPSA) is 69.7 Å². The molecule has 1 aliphatic carbocycles. The predicted octanol–water partition coefficient (Wildman–Crippen LogP) is 3.36. The molecule has 0 aromatic carbocycles. The van der Waals surface area contributed by atoms with Gasteiger partial charge in [0.05, 0.1) is 17.3 Å². The van der Waals surface area contributed by atoms with Crippen molar-refractivity contribution in [2.75, 3.05) is 21.3 Å². The molecule has 3 rings (SSSR count). The van der Waals surface area contributed by atoms with Crippen LogP contribution in [0.25, 0.3) is 0 Å². The second-order valence-corrected chi connectivity index (χ2v) is 9.09. The van der Waals surface area contributed by atoms with Gasteiger partial charge in [0, 0.05) is 27.2 Å². The molecule has 0 amide bonds. The summed E-state index contributed by atoms with van der Waals surface area (Å²) in [7, 11) is 4.98. The lowest BCUT2D eigenvalue weighted by atomic mass is 9.74. The zero-order chi connectivity index (χ0) is 21.4. The highest BCUT2D eigenvalue weighted by Crippen LogP contribution is 2.51. The van der Waals surface area contributed by atoms with Gasteiger partial charge in [0.1, 0.15) is 6.10 Å². The summed E-state index contributed by atoms with van der Waals surface area (Å²) < 4.78 is 28.8. The highest BCUT2D eigenvalue weighted by atomic mass is 16.8. The van der Waals surface area contributed by atoms with E-state index in [1.54, 1.807) is 21.3 Å². The molecule has 6 heteroatoms. The lowest BCUT2D eigenvalue weighted by molar-refractivity contribution is -0.257. The van der Waals surface area contributed by atoms with Gasteiger partial charge in [-0.3, -0.25) is 0 Å². The standard InChI is InChI=1S/C23H36O6/c1-14-13-17(24)19-23(4,29-19)12-10-15-16(9-8-11-22(2,3)27-7)20(25-5)28-21(26-6)18(14)15/h8-9,11,15,17-21,24H,1,10,12-13H2,2-7H3/b11-8+,16-9-/t15-,17-,18+,19+,20+,21+,23+/m1/s1. The van der Waals surface area contributed by atoms with E-state index in [4.69, 9.17) is 23.7 Å². The van der Waals surface area contributed by atoms with Crippen LogP contribution < -0.4 is 0 Å². The van der Waals surface area contributed by atoms with Crippen LogP contribution in [0.1, 0.15) is 40.0 Å². The Morgan fingerprint density at radius 3 is 2.59 bits per heavy atom. The Hall–Kier alpha value is -1.02. The van der Waals surface area contributed by atoms with Crippen molar-refractivity contribution >= 4 is 0 Å². The minimum absolute atomic E-state index is 0.0581. The highest BCUT2D eigenvalue weighted by molar-refractivity contribution is 5.27. The summed E-state index contributed by atoms with van der Waals surface area (Å²) in [5, 5.41) is 10.6. The van der Waals surface area contributed by atoms with Gasteiger partial charge in [-0.2, -0.15) is 0 Å². The van der Waals surface area contributed by atoms with E-state index in [2.05, 4.69) is 19.6 Å². The van der Waals surface area contributed by atoms with Gasteiger partial charge in [-0.05, 0) is 51.5 Å². The number of hydrogen-bond donors (Lipinski definition) is 1. The molecule has 6 nitrogen and oxygen atoms in total. The lowest BCUT2D eigenvalue weighted by Crippen LogP contribution is -2.45. The monoisotopic (exact) mass is 408 g/mol. The fourth-order valence-electron chi connectivity index (χ4n) is 4.63. The third-order valence-electron chi connectivity index (χ3n) is 6.63. The SMILES string of the molecule is C=C1C[C@@H](O)[C@@H]2O[C@@]2(C)CC[C@@H]2/C(=C/C=C/C(C)(C)OC)[C@@H](OC)O[C@H](OC)[C@@H]12. The first-order valence-corrected chi connectivity index (χ1v) is 10.3. The summed E-state index contributed by atoms with van der Waals surface area (Å²) in [5.41, 5.74) is 1.33. The zero-order valence-corrected chi connectivity index (χ0v) is 18.5. The number of allylic oxidation sites excluding steroid dienone is 2. The van der Waals surface area contributed by atoms with Crippen LogP contribution in [0.2, 0.25) is 0 Å². The molecule has 164 valence electrons. The molecular formula is C23H36O6. The second-order valence-electron chi connectivity index (χ2n) is 9.09. The Labute approximate surface area is 174 Å². The molecule has 1 N–H and O–H groups in total. The summed E-state index contributed by atoms with van der Waals surface area (Å²) in [6, 6.07) is 0. The van der Waals surface area contributed by atoms with Crippen LogP contribution in [0.5, 0.6) is 0 Å². The van der Waals surface area contributed by atoms with Crippen LogP contribution in [0.3, 0.4) is 0 Å². The highest BCUT2D eigenvalue weighted by Gasteiger charge is 2.58. The summed E-state index contributed by atoms with van der Waals surface area (Å²) in [6.45, 7) is 10.4. The van der Waals surface area contributed by atoms with E-state index in [9.17, 15) is 5.11 Å². The van der Waals surface area contributed by atoms with Gasteiger partial charge in [0.25, 0.3) is 0 Å². The Bertz CT molecular complexity index is 668. The van der Waals surface area contributed by atoms with E-state index >= 15 is 0 Å². The first-order chi connectivity index (χ1) is 13.7. The average Bonchev–Trinajstić information content (AvgIpc) is 3.36. The summed E-state index contributed by atoms with van der Waals surface area (Å²) >= 11 is 0. The third kappa shape index (κ3) is 4.68. The fourth-order valence-corrected chi connectivity index (χ4v) is 4.63. The smallest absolute Gasteiger partial charge is 0.183 e.